The van der Waals surface area contributed by atoms with Crippen LogP contribution in [0.1, 0.15) is 70.9 Å². The predicted octanol–water partition coefficient (Wildman–Crippen LogP) is 5.93. The predicted molar refractivity (Wildman–Crippen MR) is 135 cm³/mol. The van der Waals surface area contributed by atoms with Crippen molar-refractivity contribution in [1.29, 1.82) is 0 Å². The summed E-state index contributed by atoms with van der Waals surface area (Å²) in [6.07, 6.45) is 16.2. The Balaban J connectivity index is 1.43. The van der Waals surface area contributed by atoms with E-state index in [-0.39, 0.29) is 11.6 Å². The zero-order chi connectivity index (χ0) is 23.0. The monoisotopic (exact) mass is 437 g/mol. The summed E-state index contributed by atoms with van der Waals surface area (Å²) in [6.45, 7) is 9.74. The topological polar surface area (TPSA) is 41.5 Å². The summed E-state index contributed by atoms with van der Waals surface area (Å²) in [5.74, 6) is 0.695. The van der Waals surface area contributed by atoms with Crippen molar-refractivity contribution in [3.05, 3.63) is 70.8 Å². The van der Waals surface area contributed by atoms with E-state index in [2.05, 4.69) is 81.6 Å². The normalized spacial score (nSPS) is 20.7. The third-order valence-corrected chi connectivity index (χ3v) is 6.84. The molecule has 0 fully saturated rings. The molecular weight excluding hydrogens is 394 g/mol. The van der Waals surface area contributed by atoms with Gasteiger partial charge in [-0.2, -0.15) is 0 Å². The summed E-state index contributed by atoms with van der Waals surface area (Å²) in [7, 11) is 0. The van der Waals surface area contributed by atoms with Crippen LogP contribution in [0.5, 0.6) is 0 Å². The van der Waals surface area contributed by atoms with E-state index >= 15 is 0 Å². The molecule has 3 nitrogen and oxygen atoms in total. The van der Waals surface area contributed by atoms with Gasteiger partial charge in [0.05, 0.1) is 18.8 Å². The molecule has 3 atom stereocenters. The van der Waals surface area contributed by atoms with Crippen molar-refractivity contribution in [3.8, 4) is 0 Å². The molecule has 0 aliphatic heterocycles. The van der Waals surface area contributed by atoms with Gasteiger partial charge in [0.2, 0.25) is 0 Å². The highest BCUT2D eigenvalue weighted by Crippen LogP contribution is 2.31. The number of aliphatic hydroxyl groups is 1. The first kappa shape index (κ1) is 25.0. The van der Waals surface area contributed by atoms with Gasteiger partial charge in [-0.15, -0.1) is 0 Å². The van der Waals surface area contributed by atoms with Crippen LogP contribution < -0.4 is 5.32 Å². The number of rotatable bonds is 11. The molecule has 1 aromatic rings. The Hall–Kier alpha value is -1.68. The first-order valence-corrected chi connectivity index (χ1v) is 12.6. The molecule has 3 heteroatoms. The van der Waals surface area contributed by atoms with Crippen molar-refractivity contribution in [2.75, 3.05) is 13.2 Å². The first-order valence-electron chi connectivity index (χ1n) is 12.6. The average Bonchev–Trinajstić information content (AvgIpc) is 3.01. The fourth-order valence-corrected chi connectivity index (χ4v) is 5.15. The van der Waals surface area contributed by atoms with Crippen molar-refractivity contribution in [2.45, 2.75) is 90.4 Å². The number of hydrogen-bond acceptors (Lipinski definition) is 3. The second-order valence-corrected chi connectivity index (χ2v) is 10.2. The van der Waals surface area contributed by atoms with Gasteiger partial charge in [0.15, 0.2) is 0 Å². The fourth-order valence-electron chi connectivity index (χ4n) is 5.15. The van der Waals surface area contributed by atoms with Crippen molar-refractivity contribution in [1.82, 2.24) is 5.32 Å². The zero-order valence-electron chi connectivity index (χ0n) is 20.6. The van der Waals surface area contributed by atoms with Crippen LogP contribution >= 0.6 is 0 Å². The number of fused-ring (bicyclic) bond motifs is 1. The van der Waals surface area contributed by atoms with E-state index in [4.69, 9.17) is 4.74 Å². The van der Waals surface area contributed by atoms with E-state index in [9.17, 15) is 5.11 Å². The Labute approximate surface area is 195 Å². The summed E-state index contributed by atoms with van der Waals surface area (Å²) in [5, 5.41) is 14.2. The molecule has 0 saturated heterocycles. The van der Waals surface area contributed by atoms with Gasteiger partial charge >= 0.3 is 0 Å². The molecule has 0 amide bonds. The Morgan fingerprint density at radius 1 is 1.22 bits per heavy atom. The molecule has 32 heavy (non-hydrogen) atoms. The summed E-state index contributed by atoms with van der Waals surface area (Å²) in [4.78, 5) is 0. The molecule has 0 saturated carbocycles. The van der Waals surface area contributed by atoms with Crippen LogP contribution in [0.15, 0.2) is 59.7 Å². The molecule has 0 aromatic heterocycles. The lowest BCUT2D eigenvalue weighted by Gasteiger charge is -2.34. The van der Waals surface area contributed by atoms with Crippen LogP contribution in [0.2, 0.25) is 0 Å². The molecular formula is C29H43NO2. The van der Waals surface area contributed by atoms with E-state index in [1.807, 2.05) is 0 Å². The van der Waals surface area contributed by atoms with E-state index in [1.54, 1.807) is 0 Å². The van der Waals surface area contributed by atoms with Gasteiger partial charge in [-0.25, -0.2) is 0 Å². The number of hydrogen-bond donors (Lipinski definition) is 2. The van der Waals surface area contributed by atoms with Gasteiger partial charge in [0.25, 0.3) is 0 Å². The third-order valence-electron chi connectivity index (χ3n) is 6.84. The second-order valence-electron chi connectivity index (χ2n) is 10.2. The van der Waals surface area contributed by atoms with Gasteiger partial charge in [-0.05, 0) is 87.5 Å². The van der Waals surface area contributed by atoms with Crippen molar-refractivity contribution >= 4 is 0 Å². The Morgan fingerprint density at radius 2 is 2.00 bits per heavy atom. The summed E-state index contributed by atoms with van der Waals surface area (Å²) < 4.78 is 6.10. The number of β-amino-alcohol motifs (C(OH)–C–C–N with tert-alkyl or cyclic N) is 1. The van der Waals surface area contributed by atoms with E-state index in [0.717, 1.165) is 25.7 Å². The molecule has 3 unspecified atom stereocenters. The molecule has 0 heterocycles. The largest absolute Gasteiger partial charge is 0.389 e. The first-order chi connectivity index (χ1) is 15.4. The van der Waals surface area contributed by atoms with Crippen LogP contribution in [-0.2, 0) is 17.6 Å². The van der Waals surface area contributed by atoms with Gasteiger partial charge in [-0.3, -0.25) is 0 Å². The number of nitrogens with one attached hydrogen (secondary N) is 1. The van der Waals surface area contributed by atoms with Crippen molar-refractivity contribution in [2.24, 2.45) is 5.92 Å². The van der Waals surface area contributed by atoms with Crippen LogP contribution in [0.4, 0.5) is 0 Å². The lowest BCUT2D eigenvalue weighted by Crippen LogP contribution is -2.46. The lowest BCUT2D eigenvalue weighted by atomic mass is 9.78. The molecule has 0 radical (unpaired) electrons. The molecule has 2 N–H and O–H groups in total. The second kappa shape index (κ2) is 12.0. The van der Waals surface area contributed by atoms with Gasteiger partial charge in [-0.1, -0.05) is 61.9 Å². The van der Waals surface area contributed by atoms with E-state index < -0.39 is 6.10 Å². The van der Waals surface area contributed by atoms with Crippen LogP contribution in [0.25, 0.3) is 0 Å². The minimum absolute atomic E-state index is 0.00216. The van der Waals surface area contributed by atoms with E-state index in [0.29, 0.717) is 19.1 Å². The van der Waals surface area contributed by atoms with Crippen LogP contribution in [-0.4, -0.2) is 36.0 Å². The van der Waals surface area contributed by atoms with Crippen molar-refractivity contribution < 1.29 is 9.84 Å². The Kier molecular flexibility index (Phi) is 9.34. The van der Waals surface area contributed by atoms with E-state index in [1.165, 1.54) is 41.5 Å². The molecule has 176 valence electrons. The van der Waals surface area contributed by atoms with Gasteiger partial charge in [0.1, 0.15) is 0 Å². The molecule has 1 aromatic carbocycles. The summed E-state index contributed by atoms with van der Waals surface area (Å²) >= 11 is 0. The number of benzene rings is 1. The highest BCUT2D eigenvalue weighted by atomic mass is 16.5. The SMILES string of the molecule is CCCC1=CC=CCC=C1C(C)OCC(O)CNC(C)(C)CC1CCc2ccccc2C1. The molecule has 0 bridgehead atoms. The molecule has 3 rings (SSSR count). The fraction of sp³-hybridized carbons (Fsp3) is 0.586. The van der Waals surface area contributed by atoms with Crippen molar-refractivity contribution in [3.63, 3.8) is 0 Å². The number of aliphatic hydroxyl groups excluding tert-OH is 1. The minimum atomic E-state index is -0.507. The molecule has 2 aliphatic rings. The minimum Gasteiger partial charge on any atom is -0.389 e. The Bertz CT molecular complexity index is 820. The summed E-state index contributed by atoms with van der Waals surface area (Å²) in [5.41, 5.74) is 5.66. The standard InChI is InChI=1S/C29H43NO2/c1-5-11-25-13-7-6-8-15-28(25)22(2)32-21-27(31)20-30-29(3,4)19-23-16-17-24-12-9-10-14-26(24)18-23/h6-7,9-10,12-15,22-23,27,30-31H,5,8,11,16-21H2,1-4H3. The van der Waals surface area contributed by atoms with Crippen LogP contribution in [0, 0.1) is 5.92 Å². The highest BCUT2D eigenvalue weighted by molar-refractivity contribution is 5.38. The highest BCUT2D eigenvalue weighted by Gasteiger charge is 2.27. The Morgan fingerprint density at radius 3 is 2.78 bits per heavy atom. The quantitative estimate of drug-likeness (QED) is 0.451. The molecule has 2 aliphatic carbocycles. The lowest BCUT2D eigenvalue weighted by molar-refractivity contribution is 0.0102. The number of aryl methyl sites for hydroxylation is 1. The third kappa shape index (κ3) is 7.43. The smallest absolute Gasteiger partial charge is 0.0898 e. The van der Waals surface area contributed by atoms with Crippen LogP contribution in [0.3, 0.4) is 0 Å². The maximum Gasteiger partial charge on any atom is 0.0898 e. The average molecular weight is 438 g/mol. The maximum absolute atomic E-state index is 10.6. The molecule has 0 spiro atoms. The maximum atomic E-state index is 10.6. The number of allylic oxidation sites excluding steroid dienone is 4. The summed E-state index contributed by atoms with van der Waals surface area (Å²) in [6, 6.07) is 8.86. The van der Waals surface area contributed by atoms with Gasteiger partial charge < -0.3 is 15.2 Å². The van der Waals surface area contributed by atoms with Gasteiger partial charge in [0, 0.05) is 12.1 Å². The zero-order valence-corrected chi connectivity index (χ0v) is 20.6. The number of ether oxygens (including phenoxy) is 1.